The van der Waals surface area contributed by atoms with Crippen LogP contribution in [0.1, 0.15) is 46.5 Å². The second-order valence-corrected chi connectivity index (χ2v) is 9.58. The number of carbonyl (C=O) groups excluding carboxylic acids is 1. The van der Waals surface area contributed by atoms with Gasteiger partial charge >= 0.3 is 0 Å². The summed E-state index contributed by atoms with van der Waals surface area (Å²) in [5.41, 5.74) is 3.09. The van der Waals surface area contributed by atoms with Crippen molar-refractivity contribution in [1.82, 2.24) is 28.6 Å². The van der Waals surface area contributed by atoms with E-state index in [1.165, 1.54) is 5.56 Å². The van der Waals surface area contributed by atoms with Crippen molar-refractivity contribution in [2.45, 2.75) is 31.8 Å². The van der Waals surface area contributed by atoms with Gasteiger partial charge in [0, 0.05) is 68.3 Å². The molecule has 7 heteroatoms. The first kappa shape index (κ1) is 22.3. The Labute approximate surface area is 210 Å². The lowest BCUT2D eigenvalue weighted by molar-refractivity contribution is 0.0701. The molecule has 7 nitrogen and oxygen atoms in total. The van der Waals surface area contributed by atoms with Crippen molar-refractivity contribution in [2.24, 2.45) is 7.05 Å². The van der Waals surface area contributed by atoms with Crippen LogP contribution >= 0.6 is 0 Å². The smallest absolute Gasteiger partial charge is 0.270 e. The molecule has 36 heavy (non-hydrogen) atoms. The quantitative estimate of drug-likeness (QED) is 0.356. The lowest BCUT2D eigenvalue weighted by atomic mass is 9.95. The zero-order valence-corrected chi connectivity index (χ0v) is 20.5. The van der Waals surface area contributed by atoms with E-state index in [4.69, 9.17) is 4.98 Å². The predicted octanol–water partition coefficient (Wildman–Crippen LogP) is 4.69. The van der Waals surface area contributed by atoms with E-state index in [0.717, 1.165) is 60.7 Å². The Morgan fingerprint density at radius 1 is 0.889 bits per heavy atom. The maximum Gasteiger partial charge on any atom is 0.270 e. The molecule has 2 aromatic carbocycles. The normalized spacial score (nSPS) is 14.5. The minimum atomic E-state index is 0.110. The number of hydrogen-bond acceptors (Lipinski definition) is 3. The molecule has 182 valence electrons. The van der Waals surface area contributed by atoms with Gasteiger partial charge in [0.05, 0.1) is 6.54 Å². The molecule has 1 saturated heterocycles. The summed E-state index contributed by atoms with van der Waals surface area (Å²) >= 11 is 0. The van der Waals surface area contributed by atoms with Crippen LogP contribution in [-0.2, 0) is 20.1 Å². The highest BCUT2D eigenvalue weighted by molar-refractivity contribution is 5.98. The summed E-state index contributed by atoms with van der Waals surface area (Å²) in [5.74, 6) is 2.54. The third-order valence-electron chi connectivity index (χ3n) is 7.38. The Hall–Kier alpha value is -4.13. The fourth-order valence-corrected chi connectivity index (χ4v) is 5.38. The van der Waals surface area contributed by atoms with Crippen LogP contribution in [0.25, 0.3) is 10.9 Å². The number of likely N-dealkylation sites (tertiary alicyclic amines) is 1. The second kappa shape index (κ2) is 9.49. The minimum absolute atomic E-state index is 0.110. The number of fused-ring (bicyclic) bond motifs is 1. The van der Waals surface area contributed by atoms with E-state index >= 15 is 0 Å². The Bertz CT molecular complexity index is 1490. The number of rotatable bonds is 6. The molecule has 0 bridgehead atoms. The number of aromatic nitrogens is 5. The van der Waals surface area contributed by atoms with Crippen molar-refractivity contribution < 1.29 is 4.79 Å². The van der Waals surface area contributed by atoms with Crippen molar-refractivity contribution >= 4 is 16.8 Å². The Kier molecular flexibility index (Phi) is 5.89. The average molecular weight is 479 g/mol. The summed E-state index contributed by atoms with van der Waals surface area (Å²) in [6, 6.07) is 20.6. The van der Waals surface area contributed by atoms with Gasteiger partial charge in [0.15, 0.2) is 0 Å². The predicted molar refractivity (Wildman–Crippen MR) is 140 cm³/mol. The summed E-state index contributed by atoms with van der Waals surface area (Å²) in [5, 5.41) is 1.10. The number of benzene rings is 2. The van der Waals surface area contributed by atoms with Gasteiger partial charge < -0.3 is 18.6 Å². The van der Waals surface area contributed by atoms with Gasteiger partial charge in [-0.25, -0.2) is 9.97 Å². The number of imidazole rings is 2. The molecule has 0 aliphatic carbocycles. The van der Waals surface area contributed by atoms with Gasteiger partial charge in [0.2, 0.25) is 0 Å². The van der Waals surface area contributed by atoms with Crippen LogP contribution in [0.3, 0.4) is 0 Å². The van der Waals surface area contributed by atoms with Gasteiger partial charge in [0.25, 0.3) is 5.91 Å². The van der Waals surface area contributed by atoms with E-state index < -0.39 is 0 Å². The molecular weight excluding hydrogens is 448 g/mol. The molecule has 0 N–H and O–H groups in total. The lowest BCUT2D eigenvalue weighted by Crippen LogP contribution is -2.39. The van der Waals surface area contributed by atoms with Crippen molar-refractivity contribution in [3.8, 4) is 0 Å². The Morgan fingerprint density at radius 2 is 1.61 bits per heavy atom. The number of para-hydroxylation sites is 1. The standard InChI is InChI=1S/C29H30N6O/c1-32-25-10-6-5-9-24(25)19-26(32)29(36)33-15-11-23(12-16-33)28-31-14-18-35(28)21-27-30-13-17-34(27)20-22-7-3-2-4-8-22/h2-10,13-14,17-19,23H,11-12,15-16,20-21H2,1H3. The molecule has 1 amide bonds. The highest BCUT2D eigenvalue weighted by Gasteiger charge is 2.28. The summed E-state index contributed by atoms with van der Waals surface area (Å²) in [7, 11) is 1.97. The molecule has 0 radical (unpaired) electrons. The van der Waals surface area contributed by atoms with Crippen molar-refractivity contribution in [1.29, 1.82) is 0 Å². The van der Waals surface area contributed by atoms with Gasteiger partial charge in [-0.2, -0.15) is 0 Å². The molecule has 0 spiro atoms. The van der Waals surface area contributed by atoms with E-state index in [2.05, 4.69) is 50.5 Å². The summed E-state index contributed by atoms with van der Waals surface area (Å²) in [4.78, 5) is 24.7. The van der Waals surface area contributed by atoms with E-state index in [1.807, 2.05) is 65.6 Å². The number of aryl methyl sites for hydroxylation is 1. The summed E-state index contributed by atoms with van der Waals surface area (Å²) in [6.07, 6.45) is 9.65. The van der Waals surface area contributed by atoms with E-state index in [1.54, 1.807) is 0 Å². The van der Waals surface area contributed by atoms with E-state index in [0.29, 0.717) is 12.5 Å². The highest BCUT2D eigenvalue weighted by atomic mass is 16.2. The molecule has 0 unspecified atom stereocenters. The number of hydrogen-bond donors (Lipinski definition) is 0. The van der Waals surface area contributed by atoms with Crippen LogP contribution in [0, 0.1) is 0 Å². The third-order valence-corrected chi connectivity index (χ3v) is 7.38. The summed E-state index contributed by atoms with van der Waals surface area (Å²) in [6.45, 7) is 2.96. The first-order valence-electron chi connectivity index (χ1n) is 12.6. The van der Waals surface area contributed by atoms with Gasteiger partial charge in [-0.05, 0) is 30.5 Å². The molecule has 1 fully saturated rings. The molecule has 1 aliphatic heterocycles. The molecule has 5 aromatic rings. The van der Waals surface area contributed by atoms with Crippen LogP contribution in [0.15, 0.2) is 85.5 Å². The zero-order valence-electron chi connectivity index (χ0n) is 20.5. The van der Waals surface area contributed by atoms with Crippen LogP contribution in [0.5, 0.6) is 0 Å². The first-order chi connectivity index (χ1) is 17.7. The largest absolute Gasteiger partial charge is 0.340 e. The average Bonchev–Trinajstić information content (AvgIpc) is 3.65. The number of piperidine rings is 1. The van der Waals surface area contributed by atoms with Crippen molar-refractivity contribution in [2.75, 3.05) is 13.1 Å². The van der Waals surface area contributed by atoms with Gasteiger partial charge in [-0.1, -0.05) is 48.5 Å². The Morgan fingerprint density at radius 3 is 2.42 bits per heavy atom. The highest BCUT2D eigenvalue weighted by Crippen LogP contribution is 2.29. The second-order valence-electron chi connectivity index (χ2n) is 9.58. The molecule has 3 aromatic heterocycles. The molecule has 6 rings (SSSR count). The molecule has 0 atom stereocenters. The Balaban J connectivity index is 1.13. The van der Waals surface area contributed by atoms with Crippen LogP contribution in [0.4, 0.5) is 0 Å². The summed E-state index contributed by atoms with van der Waals surface area (Å²) < 4.78 is 6.42. The van der Waals surface area contributed by atoms with Gasteiger partial charge in [-0.3, -0.25) is 4.79 Å². The zero-order chi connectivity index (χ0) is 24.5. The van der Waals surface area contributed by atoms with Gasteiger partial charge in [-0.15, -0.1) is 0 Å². The van der Waals surface area contributed by atoms with Crippen molar-refractivity contribution in [3.05, 3.63) is 108 Å². The number of nitrogens with zero attached hydrogens (tertiary/aromatic N) is 6. The first-order valence-corrected chi connectivity index (χ1v) is 12.6. The van der Waals surface area contributed by atoms with E-state index in [9.17, 15) is 4.79 Å². The fourth-order valence-electron chi connectivity index (χ4n) is 5.38. The maximum absolute atomic E-state index is 13.3. The van der Waals surface area contributed by atoms with E-state index in [-0.39, 0.29) is 5.91 Å². The molecule has 4 heterocycles. The maximum atomic E-state index is 13.3. The topological polar surface area (TPSA) is 60.9 Å². The number of carbonyl (C=O) groups is 1. The number of amides is 1. The fraction of sp³-hybridized carbons (Fsp3) is 0.276. The minimum Gasteiger partial charge on any atom is -0.340 e. The molecule has 1 aliphatic rings. The molecular formula is C29H30N6O. The molecule has 0 saturated carbocycles. The van der Waals surface area contributed by atoms with Crippen LogP contribution in [0.2, 0.25) is 0 Å². The third kappa shape index (κ3) is 4.21. The SMILES string of the molecule is Cn1c(C(=O)N2CCC(c3nccn3Cc3nccn3Cc3ccccc3)CC2)cc2ccccc21. The van der Waals surface area contributed by atoms with Crippen molar-refractivity contribution in [3.63, 3.8) is 0 Å². The van der Waals surface area contributed by atoms with Crippen LogP contribution in [-0.4, -0.2) is 47.6 Å². The van der Waals surface area contributed by atoms with Crippen LogP contribution < -0.4 is 0 Å². The monoisotopic (exact) mass is 478 g/mol. The van der Waals surface area contributed by atoms with Gasteiger partial charge in [0.1, 0.15) is 17.3 Å². The lowest BCUT2D eigenvalue weighted by Gasteiger charge is -2.32.